The second-order valence-electron chi connectivity index (χ2n) is 7.86. The first-order valence-electron chi connectivity index (χ1n) is 9.97. The molecule has 2 N–H and O–H groups in total. The van der Waals surface area contributed by atoms with Gasteiger partial charge in [0.2, 0.25) is 5.91 Å². The quantitative estimate of drug-likeness (QED) is 0.682. The highest BCUT2D eigenvalue weighted by molar-refractivity contribution is 7.94. The highest BCUT2D eigenvalue weighted by atomic mass is 32.2. The molecule has 2 aliphatic rings. The smallest absolute Gasteiger partial charge is 0.271 e. The molecule has 7 heteroatoms. The summed E-state index contributed by atoms with van der Waals surface area (Å²) in [7, 11) is -3.55. The number of benzene rings is 1. The van der Waals surface area contributed by atoms with Crippen molar-refractivity contribution in [1.82, 2.24) is 5.32 Å². The molecule has 0 spiro atoms. The number of hydrogen-bond donors (Lipinski definition) is 2. The minimum Gasteiger partial charge on any atom is -0.353 e. The Bertz CT molecular complexity index is 909. The number of hydrogen-bond acceptors (Lipinski definition) is 4. The minimum atomic E-state index is -3.55. The summed E-state index contributed by atoms with van der Waals surface area (Å²) in [5.41, 5.74) is 1.05. The second kappa shape index (κ2) is 7.87. The van der Waals surface area contributed by atoms with Crippen LogP contribution in [0.3, 0.4) is 0 Å². The summed E-state index contributed by atoms with van der Waals surface area (Å²) < 4.78 is 27.6. The molecule has 2 aromatic rings. The number of thiophene rings is 1. The van der Waals surface area contributed by atoms with E-state index >= 15 is 0 Å². The predicted molar refractivity (Wildman–Crippen MR) is 112 cm³/mol. The molecule has 4 rings (SSSR count). The molecule has 1 heterocycles. The Morgan fingerprint density at radius 2 is 1.68 bits per heavy atom. The van der Waals surface area contributed by atoms with Gasteiger partial charge in [-0.3, -0.25) is 9.52 Å². The van der Waals surface area contributed by atoms with Crippen LogP contribution in [-0.4, -0.2) is 20.4 Å². The molecule has 150 valence electrons. The first kappa shape index (κ1) is 19.5. The van der Waals surface area contributed by atoms with Crippen LogP contribution in [0.1, 0.15) is 56.9 Å². The molecule has 0 saturated heterocycles. The van der Waals surface area contributed by atoms with Crippen molar-refractivity contribution in [3.63, 3.8) is 0 Å². The predicted octanol–water partition coefficient (Wildman–Crippen LogP) is 4.42. The van der Waals surface area contributed by atoms with Crippen LogP contribution in [-0.2, 0) is 20.2 Å². The van der Waals surface area contributed by atoms with Gasteiger partial charge in [0.15, 0.2) is 0 Å². The molecule has 1 amide bonds. The summed E-state index contributed by atoms with van der Waals surface area (Å²) in [5.74, 6) is 0.131. The Hall–Kier alpha value is -1.86. The van der Waals surface area contributed by atoms with Gasteiger partial charge in [-0.15, -0.1) is 11.3 Å². The lowest BCUT2D eigenvalue weighted by molar-refractivity contribution is -0.124. The number of nitrogens with one attached hydrogen (secondary N) is 2. The van der Waals surface area contributed by atoms with Gasteiger partial charge < -0.3 is 5.32 Å². The number of amides is 1. The van der Waals surface area contributed by atoms with Crippen molar-refractivity contribution in [2.45, 2.75) is 67.0 Å². The van der Waals surface area contributed by atoms with Crippen molar-refractivity contribution >= 4 is 33.0 Å². The fraction of sp³-hybridized carbons (Fsp3) is 0.476. The van der Waals surface area contributed by atoms with E-state index in [1.54, 1.807) is 29.6 Å². The second-order valence-corrected chi connectivity index (χ2v) is 10.7. The number of carbonyl (C=O) groups excluding carboxylic acids is 1. The van der Waals surface area contributed by atoms with Gasteiger partial charge in [-0.1, -0.05) is 43.9 Å². The first-order valence-corrected chi connectivity index (χ1v) is 12.3. The average Bonchev–Trinajstić information content (AvgIpc) is 3.37. The Balaban J connectivity index is 1.43. The Morgan fingerprint density at radius 3 is 2.25 bits per heavy atom. The molecule has 2 aliphatic carbocycles. The van der Waals surface area contributed by atoms with E-state index in [0.717, 1.165) is 31.2 Å². The molecule has 0 bridgehead atoms. The van der Waals surface area contributed by atoms with Crippen LogP contribution in [0.15, 0.2) is 46.0 Å². The van der Waals surface area contributed by atoms with Crippen LogP contribution in [0.5, 0.6) is 0 Å². The molecular formula is C21H26N2O3S2. The van der Waals surface area contributed by atoms with Crippen LogP contribution in [0.4, 0.5) is 5.69 Å². The van der Waals surface area contributed by atoms with Crippen molar-refractivity contribution < 1.29 is 13.2 Å². The molecular weight excluding hydrogens is 392 g/mol. The molecule has 1 aromatic carbocycles. The molecule has 2 saturated carbocycles. The van der Waals surface area contributed by atoms with Gasteiger partial charge in [-0.2, -0.15) is 0 Å². The van der Waals surface area contributed by atoms with Gasteiger partial charge in [-0.05, 0) is 54.8 Å². The van der Waals surface area contributed by atoms with E-state index in [0.29, 0.717) is 11.7 Å². The van der Waals surface area contributed by atoms with Crippen LogP contribution in [0.25, 0.3) is 0 Å². The normalized spacial score (nSPS) is 19.6. The van der Waals surface area contributed by atoms with E-state index in [4.69, 9.17) is 0 Å². The Labute approximate surface area is 170 Å². The Kier molecular flexibility index (Phi) is 5.47. The Morgan fingerprint density at radius 1 is 1.00 bits per heavy atom. The van der Waals surface area contributed by atoms with Crippen LogP contribution < -0.4 is 10.0 Å². The molecule has 0 aliphatic heterocycles. The standard InChI is InChI=1S/C21H26N2O3S2/c24-20(22-17-6-3-1-2-4-7-17)21(13-14-21)16-9-11-18(12-10-16)23-28(25,26)19-8-5-15-27-19/h5,8-12,15,17,23H,1-4,6-7,13-14H2,(H,22,24). The van der Waals surface area contributed by atoms with E-state index in [2.05, 4.69) is 10.0 Å². The monoisotopic (exact) mass is 418 g/mol. The molecule has 0 radical (unpaired) electrons. The van der Waals surface area contributed by atoms with Crippen LogP contribution in [0.2, 0.25) is 0 Å². The van der Waals surface area contributed by atoms with Crippen LogP contribution >= 0.6 is 11.3 Å². The zero-order valence-corrected chi connectivity index (χ0v) is 17.4. The largest absolute Gasteiger partial charge is 0.353 e. The van der Waals surface area contributed by atoms with Crippen molar-refractivity contribution in [2.24, 2.45) is 0 Å². The van der Waals surface area contributed by atoms with E-state index in [-0.39, 0.29) is 10.1 Å². The molecule has 0 unspecified atom stereocenters. The van der Waals surface area contributed by atoms with Crippen molar-refractivity contribution in [3.05, 3.63) is 47.3 Å². The summed E-state index contributed by atoms with van der Waals surface area (Å²) in [6.07, 6.45) is 8.77. The molecule has 28 heavy (non-hydrogen) atoms. The SMILES string of the molecule is O=C(NC1CCCCCC1)C1(c2ccc(NS(=O)(=O)c3cccs3)cc2)CC1. The summed E-state index contributed by atoms with van der Waals surface area (Å²) >= 11 is 1.18. The zero-order valence-electron chi connectivity index (χ0n) is 15.8. The summed E-state index contributed by atoms with van der Waals surface area (Å²) in [6, 6.07) is 10.9. The van der Waals surface area contributed by atoms with Crippen LogP contribution in [0, 0.1) is 0 Å². The van der Waals surface area contributed by atoms with Gasteiger partial charge in [0.1, 0.15) is 4.21 Å². The fourth-order valence-corrected chi connectivity index (χ4v) is 6.05. The topological polar surface area (TPSA) is 75.3 Å². The van der Waals surface area contributed by atoms with E-state index in [1.807, 2.05) is 12.1 Å². The van der Waals surface area contributed by atoms with Crippen molar-refractivity contribution in [2.75, 3.05) is 4.72 Å². The molecule has 1 aromatic heterocycles. The fourth-order valence-electron chi connectivity index (χ4n) is 4.00. The number of carbonyl (C=O) groups is 1. The van der Waals surface area contributed by atoms with Gasteiger partial charge in [0.05, 0.1) is 5.41 Å². The third kappa shape index (κ3) is 4.10. The van der Waals surface area contributed by atoms with E-state index < -0.39 is 15.4 Å². The average molecular weight is 419 g/mol. The molecule has 0 atom stereocenters. The highest BCUT2D eigenvalue weighted by Crippen LogP contribution is 2.48. The first-order chi connectivity index (χ1) is 13.5. The van der Waals surface area contributed by atoms with Gasteiger partial charge >= 0.3 is 0 Å². The van der Waals surface area contributed by atoms with Gasteiger partial charge in [0, 0.05) is 11.7 Å². The lowest BCUT2D eigenvalue weighted by Crippen LogP contribution is -2.41. The maximum absolute atomic E-state index is 13.0. The number of rotatable bonds is 6. The van der Waals surface area contributed by atoms with Crippen molar-refractivity contribution in [1.29, 1.82) is 0 Å². The maximum atomic E-state index is 13.0. The van der Waals surface area contributed by atoms with Gasteiger partial charge in [0.25, 0.3) is 10.0 Å². The third-order valence-electron chi connectivity index (χ3n) is 5.82. The minimum absolute atomic E-state index is 0.131. The number of sulfonamides is 1. The summed E-state index contributed by atoms with van der Waals surface area (Å²) in [4.78, 5) is 13.0. The summed E-state index contributed by atoms with van der Waals surface area (Å²) in [5, 5.41) is 5.02. The molecule has 5 nitrogen and oxygen atoms in total. The van der Waals surface area contributed by atoms with E-state index in [1.165, 1.54) is 37.0 Å². The maximum Gasteiger partial charge on any atom is 0.271 e. The van der Waals surface area contributed by atoms with Gasteiger partial charge in [-0.25, -0.2) is 8.42 Å². The lowest BCUT2D eigenvalue weighted by Gasteiger charge is -2.22. The highest BCUT2D eigenvalue weighted by Gasteiger charge is 2.51. The van der Waals surface area contributed by atoms with E-state index in [9.17, 15) is 13.2 Å². The lowest BCUT2D eigenvalue weighted by atomic mass is 9.94. The summed E-state index contributed by atoms with van der Waals surface area (Å²) in [6.45, 7) is 0. The molecule has 2 fully saturated rings. The zero-order chi connectivity index (χ0) is 19.6. The van der Waals surface area contributed by atoms with Crippen molar-refractivity contribution in [3.8, 4) is 0 Å². The number of anilines is 1. The third-order valence-corrected chi connectivity index (χ3v) is 8.60.